The number of rotatable bonds is 8. The highest BCUT2D eigenvalue weighted by Gasteiger charge is 2.04. The molecule has 0 saturated heterocycles. The lowest BCUT2D eigenvalue weighted by Gasteiger charge is -2.12. The quantitative estimate of drug-likeness (QED) is 0.720. The second-order valence-electron chi connectivity index (χ2n) is 4.27. The first-order chi connectivity index (χ1) is 8.65. The monoisotopic (exact) mass is 253 g/mol. The van der Waals surface area contributed by atoms with Crippen LogP contribution in [0.5, 0.6) is 5.75 Å². The smallest absolute Gasteiger partial charge is 0.122 e. The first-order valence-corrected chi connectivity index (χ1v) is 6.20. The van der Waals surface area contributed by atoms with Crippen LogP contribution < -0.4 is 10.5 Å². The summed E-state index contributed by atoms with van der Waals surface area (Å²) in [6.45, 7) is 6.32. The molecule has 1 aromatic carbocycles. The van der Waals surface area contributed by atoms with Crippen LogP contribution in [0, 0.1) is 6.92 Å². The Bertz CT molecular complexity index is 353. The first-order valence-electron chi connectivity index (χ1n) is 6.20. The molecule has 1 aromatic rings. The molecule has 1 rings (SSSR count). The van der Waals surface area contributed by atoms with E-state index in [2.05, 4.69) is 6.07 Å². The normalized spacial score (nSPS) is 12.4. The van der Waals surface area contributed by atoms with Gasteiger partial charge in [0, 0.05) is 13.2 Å². The van der Waals surface area contributed by atoms with Crippen LogP contribution in [0.25, 0.3) is 0 Å². The number of ether oxygens (including phenoxy) is 3. The van der Waals surface area contributed by atoms with Gasteiger partial charge >= 0.3 is 0 Å². The Morgan fingerprint density at radius 2 is 1.89 bits per heavy atom. The van der Waals surface area contributed by atoms with Crippen LogP contribution in [0.3, 0.4) is 0 Å². The molecule has 4 nitrogen and oxygen atoms in total. The molecule has 1 atom stereocenters. The standard InChI is InChI=1S/C14H23NO3/c1-11-10-13(12(2)15)4-5-14(11)18-9-8-17-7-6-16-3/h4-5,10,12H,6-9,15H2,1-3H3. The second kappa shape index (κ2) is 8.08. The van der Waals surface area contributed by atoms with E-state index in [0.717, 1.165) is 16.9 Å². The van der Waals surface area contributed by atoms with Gasteiger partial charge in [0.1, 0.15) is 12.4 Å². The van der Waals surface area contributed by atoms with Gasteiger partial charge in [0.25, 0.3) is 0 Å². The topological polar surface area (TPSA) is 53.7 Å². The maximum absolute atomic E-state index is 5.83. The van der Waals surface area contributed by atoms with Crippen LogP contribution in [-0.4, -0.2) is 33.5 Å². The molecule has 4 heteroatoms. The maximum atomic E-state index is 5.83. The average Bonchev–Trinajstić information content (AvgIpc) is 2.35. The van der Waals surface area contributed by atoms with Crippen molar-refractivity contribution in [2.45, 2.75) is 19.9 Å². The van der Waals surface area contributed by atoms with Gasteiger partial charge in [0.15, 0.2) is 0 Å². The molecule has 0 radical (unpaired) electrons. The molecule has 2 N–H and O–H groups in total. The summed E-state index contributed by atoms with van der Waals surface area (Å²) in [5, 5.41) is 0. The summed E-state index contributed by atoms with van der Waals surface area (Å²) in [5.41, 5.74) is 8.05. The van der Waals surface area contributed by atoms with Crippen molar-refractivity contribution in [3.8, 4) is 5.75 Å². The molecule has 0 heterocycles. The van der Waals surface area contributed by atoms with Gasteiger partial charge in [-0.05, 0) is 31.0 Å². The molecule has 0 amide bonds. The largest absolute Gasteiger partial charge is 0.491 e. The molecule has 0 saturated carbocycles. The van der Waals surface area contributed by atoms with Crippen LogP contribution >= 0.6 is 0 Å². The lowest BCUT2D eigenvalue weighted by atomic mass is 10.1. The number of hydrogen-bond acceptors (Lipinski definition) is 4. The van der Waals surface area contributed by atoms with E-state index in [1.54, 1.807) is 7.11 Å². The molecule has 0 aliphatic rings. The third-order valence-electron chi connectivity index (χ3n) is 2.64. The Labute approximate surface area is 109 Å². The van der Waals surface area contributed by atoms with E-state index in [-0.39, 0.29) is 6.04 Å². The third kappa shape index (κ3) is 5.04. The molecular formula is C14H23NO3. The fourth-order valence-corrected chi connectivity index (χ4v) is 1.57. The van der Waals surface area contributed by atoms with Crippen LogP contribution in [0.2, 0.25) is 0 Å². The number of benzene rings is 1. The Kier molecular flexibility index (Phi) is 6.72. The molecular weight excluding hydrogens is 230 g/mol. The summed E-state index contributed by atoms with van der Waals surface area (Å²) < 4.78 is 15.9. The number of hydrogen-bond donors (Lipinski definition) is 1. The van der Waals surface area contributed by atoms with E-state index < -0.39 is 0 Å². The van der Waals surface area contributed by atoms with Crippen LogP contribution in [0.4, 0.5) is 0 Å². The number of methoxy groups -OCH3 is 1. The van der Waals surface area contributed by atoms with Crippen molar-refractivity contribution in [3.63, 3.8) is 0 Å². The van der Waals surface area contributed by atoms with Gasteiger partial charge < -0.3 is 19.9 Å². The van der Waals surface area contributed by atoms with Gasteiger partial charge in [0.05, 0.1) is 19.8 Å². The van der Waals surface area contributed by atoms with E-state index in [1.165, 1.54) is 0 Å². The lowest BCUT2D eigenvalue weighted by Crippen LogP contribution is -2.11. The van der Waals surface area contributed by atoms with Crippen molar-refractivity contribution in [2.24, 2.45) is 5.73 Å². The molecule has 0 fully saturated rings. The average molecular weight is 253 g/mol. The molecule has 18 heavy (non-hydrogen) atoms. The number of aryl methyl sites for hydroxylation is 1. The zero-order chi connectivity index (χ0) is 13.4. The molecule has 0 aliphatic heterocycles. The van der Waals surface area contributed by atoms with Gasteiger partial charge in [-0.25, -0.2) is 0 Å². The summed E-state index contributed by atoms with van der Waals surface area (Å²) in [5.74, 6) is 0.884. The van der Waals surface area contributed by atoms with Crippen molar-refractivity contribution < 1.29 is 14.2 Å². The fraction of sp³-hybridized carbons (Fsp3) is 0.571. The predicted octanol–water partition coefficient (Wildman–Crippen LogP) is 2.06. The van der Waals surface area contributed by atoms with Crippen LogP contribution in [0.15, 0.2) is 18.2 Å². The lowest BCUT2D eigenvalue weighted by molar-refractivity contribution is 0.0543. The van der Waals surface area contributed by atoms with Gasteiger partial charge in [-0.15, -0.1) is 0 Å². The van der Waals surface area contributed by atoms with Gasteiger partial charge in [0.2, 0.25) is 0 Å². The Morgan fingerprint density at radius 1 is 1.17 bits per heavy atom. The minimum Gasteiger partial charge on any atom is -0.491 e. The maximum Gasteiger partial charge on any atom is 0.122 e. The first kappa shape index (κ1) is 15.0. The minimum atomic E-state index is 0.0510. The summed E-state index contributed by atoms with van der Waals surface area (Å²) in [4.78, 5) is 0. The van der Waals surface area contributed by atoms with Crippen LogP contribution in [0.1, 0.15) is 24.1 Å². The second-order valence-corrected chi connectivity index (χ2v) is 4.27. The van der Waals surface area contributed by atoms with Crippen molar-refractivity contribution in [1.82, 2.24) is 0 Å². The van der Waals surface area contributed by atoms with E-state index in [9.17, 15) is 0 Å². The van der Waals surface area contributed by atoms with Crippen LogP contribution in [-0.2, 0) is 9.47 Å². The fourth-order valence-electron chi connectivity index (χ4n) is 1.57. The number of nitrogens with two attached hydrogens (primary N) is 1. The Balaban J connectivity index is 2.34. The Hall–Kier alpha value is -1.10. The molecule has 1 unspecified atom stereocenters. The van der Waals surface area contributed by atoms with Crippen molar-refractivity contribution in [3.05, 3.63) is 29.3 Å². The zero-order valence-electron chi connectivity index (χ0n) is 11.4. The van der Waals surface area contributed by atoms with E-state index in [0.29, 0.717) is 26.4 Å². The van der Waals surface area contributed by atoms with Crippen molar-refractivity contribution in [2.75, 3.05) is 33.5 Å². The van der Waals surface area contributed by atoms with Crippen molar-refractivity contribution >= 4 is 0 Å². The highest BCUT2D eigenvalue weighted by molar-refractivity contribution is 5.37. The van der Waals surface area contributed by atoms with E-state index in [4.69, 9.17) is 19.9 Å². The molecule has 102 valence electrons. The molecule has 0 spiro atoms. The SMILES string of the molecule is COCCOCCOc1ccc(C(C)N)cc1C. The minimum absolute atomic E-state index is 0.0510. The van der Waals surface area contributed by atoms with Gasteiger partial charge in [-0.2, -0.15) is 0 Å². The van der Waals surface area contributed by atoms with Gasteiger partial charge in [-0.1, -0.05) is 12.1 Å². The predicted molar refractivity (Wildman–Crippen MR) is 72.0 cm³/mol. The van der Waals surface area contributed by atoms with Gasteiger partial charge in [-0.3, -0.25) is 0 Å². The Morgan fingerprint density at radius 3 is 2.50 bits per heavy atom. The molecule has 0 aliphatic carbocycles. The van der Waals surface area contributed by atoms with E-state index in [1.807, 2.05) is 26.0 Å². The molecule has 0 aromatic heterocycles. The summed E-state index contributed by atoms with van der Waals surface area (Å²) in [6, 6.07) is 6.07. The van der Waals surface area contributed by atoms with Crippen molar-refractivity contribution in [1.29, 1.82) is 0 Å². The summed E-state index contributed by atoms with van der Waals surface area (Å²) in [6.07, 6.45) is 0. The molecule has 0 bridgehead atoms. The highest BCUT2D eigenvalue weighted by atomic mass is 16.5. The highest BCUT2D eigenvalue weighted by Crippen LogP contribution is 2.21. The summed E-state index contributed by atoms with van der Waals surface area (Å²) >= 11 is 0. The third-order valence-corrected chi connectivity index (χ3v) is 2.64. The summed E-state index contributed by atoms with van der Waals surface area (Å²) in [7, 11) is 1.66. The zero-order valence-corrected chi connectivity index (χ0v) is 11.4. The van der Waals surface area contributed by atoms with E-state index >= 15 is 0 Å².